The summed E-state index contributed by atoms with van der Waals surface area (Å²) in [5.74, 6) is -2.61. The Morgan fingerprint density at radius 1 is 1.40 bits per heavy atom. The second-order valence-electron chi connectivity index (χ2n) is 2.13. The van der Waals surface area contributed by atoms with Crippen molar-refractivity contribution < 1.29 is 35.3 Å². The largest absolute Gasteiger partial charge is 0.534 e. The van der Waals surface area contributed by atoms with Gasteiger partial charge >= 0.3 is 21.6 Å². The van der Waals surface area contributed by atoms with E-state index >= 15 is 0 Å². The Bertz CT molecular complexity index is 355. The van der Waals surface area contributed by atoms with Gasteiger partial charge in [-0.3, -0.25) is 0 Å². The Balaban J connectivity index is 4.64. The second kappa shape index (κ2) is 4.51. The molecule has 0 saturated carbocycles. The van der Waals surface area contributed by atoms with E-state index in [4.69, 9.17) is 0 Å². The summed E-state index contributed by atoms with van der Waals surface area (Å²) < 4.78 is 63.5. The summed E-state index contributed by atoms with van der Waals surface area (Å²) in [5, 5.41) is 0. The van der Waals surface area contributed by atoms with Gasteiger partial charge in [-0.05, 0) is 13.5 Å². The molecule has 0 atom stereocenters. The summed E-state index contributed by atoms with van der Waals surface area (Å²) in [6, 6.07) is 0. The average molecular weight is 248 g/mol. The van der Waals surface area contributed by atoms with Crippen LogP contribution < -0.4 is 0 Å². The molecule has 5 nitrogen and oxygen atoms in total. The Hall–Kier alpha value is -1.25. The maximum atomic E-state index is 11.7. The first-order valence-electron chi connectivity index (χ1n) is 3.48. The Labute approximate surface area is 83.6 Å². The number of halogens is 3. The van der Waals surface area contributed by atoms with Crippen LogP contribution in [0.25, 0.3) is 0 Å². The number of carbonyl (C=O) groups excluding carboxylic acids is 1. The molecule has 0 bridgehead atoms. The molecule has 0 aliphatic carbocycles. The van der Waals surface area contributed by atoms with Crippen LogP contribution in [-0.2, 0) is 23.8 Å². The lowest BCUT2D eigenvalue weighted by Crippen LogP contribution is -2.27. The molecule has 0 amide bonds. The molecule has 0 rings (SSSR count). The van der Waals surface area contributed by atoms with Crippen LogP contribution in [0, 0.1) is 0 Å². The van der Waals surface area contributed by atoms with E-state index in [-0.39, 0.29) is 6.61 Å². The van der Waals surface area contributed by atoms with Crippen LogP contribution in [0.15, 0.2) is 12.3 Å². The van der Waals surface area contributed by atoms with Gasteiger partial charge in [0.15, 0.2) is 0 Å². The quantitative estimate of drug-likeness (QED) is 0.243. The van der Waals surface area contributed by atoms with E-state index < -0.39 is 27.4 Å². The highest BCUT2D eigenvalue weighted by molar-refractivity contribution is 7.87. The normalized spacial score (nSPS) is 12.0. The van der Waals surface area contributed by atoms with Gasteiger partial charge in [0, 0.05) is 0 Å². The zero-order valence-electron chi connectivity index (χ0n) is 7.50. The minimum atomic E-state index is -5.86. The van der Waals surface area contributed by atoms with Gasteiger partial charge in [-0.15, -0.1) is 0 Å². The SMILES string of the molecule is C=C(OS(=O)(=O)C(F)(F)F)C(=O)OCC. The highest BCUT2D eigenvalue weighted by Crippen LogP contribution is 2.26. The van der Waals surface area contributed by atoms with Crippen LogP contribution in [-0.4, -0.2) is 26.5 Å². The van der Waals surface area contributed by atoms with Crippen LogP contribution in [0.2, 0.25) is 0 Å². The first-order chi connectivity index (χ1) is 6.62. The molecular weight excluding hydrogens is 241 g/mol. The van der Waals surface area contributed by atoms with Gasteiger partial charge in [-0.2, -0.15) is 21.6 Å². The molecule has 15 heavy (non-hydrogen) atoms. The fourth-order valence-electron chi connectivity index (χ4n) is 0.425. The molecule has 0 spiro atoms. The number of hydrogen-bond donors (Lipinski definition) is 0. The lowest BCUT2D eigenvalue weighted by atomic mass is 10.6. The van der Waals surface area contributed by atoms with Crippen molar-refractivity contribution in [2.45, 2.75) is 12.4 Å². The molecule has 9 heteroatoms. The molecule has 0 N–H and O–H groups in total. The summed E-state index contributed by atoms with van der Waals surface area (Å²) in [7, 11) is -5.86. The van der Waals surface area contributed by atoms with Crippen molar-refractivity contribution in [1.82, 2.24) is 0 Å². The molecule has 0 fully saturated rings. The van der Waals surface area contributed by atoms with Crippen LogP contribution in [0.3, 0.4) is 0 Å². The first kappa shape index (κ1) is 13.8. The Morgan fingerprint density at radius 3 is 2.20 bits per heavy atom. The van der Waals surface area contributed by atoms with Crippen molar-refractivity contribution in [1.29, 1.82) is 0 Å². The molecule has 0 aromatic heterocycles. The summed E-state index contributed by atoms with van der Waals surface area (Å²) in [6.45, 7) is 3.93. The third-order valence-electron chi connectivity index (χ3n) is 0.997. The van der Waals surface area contributed by atoms with Gasteiger partial charge in [-0.25, -0.2) is 4.79 Å². The highest BCUT2D eigenvalue weighted by Gasteiger charge is 2.49. The molecule has 0 aromatic carbocycles. The van der Waals surface area contributed by atoms with Crippen molar-refractivity contribution in [2.75, 3.05) is 6.61 Å². The lowest BCUT2D eigenvalue weighted by Gasteiger charge is -2.09. The molecule has 0 saturated heterocycles. The van der Waals surface area contributed by atoms with Crippen molar-refractivity contribution in [2.24, 2.45) is 0 Å². The van der Waals surface area contributed by atoms with Crippen molar-refractivity contribution in [3.05, 3.63) is 12.3 Å². The van der Waals surface area contributed by atoms with Crippen molar-refractivity contribution in [3.63, 3.8) is 0 Å². The second-order valence-corrected chi connectivity index (χ2v) is 3.66. The third kappa shape index (κ3) is 3.78. The average Bonchev–Trinajstić information content (AvgIpc) is 2.01. The number of rotatable bonds is 4. The van der Waals surface area contributed by atoms with Crippen molar-refractivity contribution in [3.8, 4) is 0 Å². The number of ether oxygens (including phenoxy) is 1. The van der Waals surface area contributed by atoms with Crippen LogP contribution >= 0.6 is 0 Å². The zero-order chi connectivity index (χ0) is 12.3. The monoisotopic (exact) mass is 248 g/mol. The predicted molar refractivity (Wildman–Crippen MR) is 41.8 cm³/mol. The molecule has 0 heterocycles. The van der Waals surface area contributed by atoms with Gasteiger partial charge in [-0.1, -0.05) is 0 Å². The van der Waals surface area contributed by atoms with E-state index in [9.17, 15) is 26.4 Å². The standard InChI is InChI=1S/C6H7F3O5S/c1-3-13-5(10)4(2)14-15(11,12)6(7,8)9/h2-3H2,1H3. The minimum absolute atomic E-state index is 0.146. The van der Waals surface area contributed by atoms with E-state index in [1.165, 1.54) is 6.92 Å². The van der Waals surface area contributed by atoms with E-state index in [2.05, 4.69) is 15.5 Å². The van der Waals surface area contributed by atoms with Gasteiger partial charge in [0.1, 0.15) is 0 Å². The lowest BCUT2D eigenvalue weighted by molar-refractivity contribution is -0.141. The molecule has 88 valence electrons. The van der Waals surface area contributed by atoms with Gasteiger partial charge < -0.3 is 8.92 Å². The summed E-state index contributed by atoms with van der Waals surface area (Å²) in [4.78, 5) is 10.7. The molecule has 0 aliphatic heterocycles. The number of carbonyl (C=O) groups is 1. The number of esters is 1. The van der Waals surface area contributed by atoms with Gasteiger partial charge in [0.2, 0.25) is 5.76 Å². The molecule has 0 radical (unpaired) electrons. The van der Waals surface area contributed by atoms with Crippen molar-refractivity contribution >= 4 is 16.1 Å². The minimum Gasteiger partial charge on any atom is -0.460 e. The van der Waals surface area contributed by atoms with E-state index in [0.717, 1.165) is 0 Å². The molecule has 0 aromatic rings. The maximum absolute atomic E-state index is 11.7. The molecule has 0 unspecified atom stereocenters. The van der Waals surface area contributed by atoms with Crippen LogP contribution in [0.1, 0.15) is 6.92 Å². The van der Waals surface area contributed by atoms with Crippen LogP contribution in [0.4, 0.5) is 13.2 Å². The van der Waals surface area contributed by atoms with Crippen LogP contribution in [0.5, 0.6) is 0 Å². The van der Waals surface area contributed by atoms with E-state index in [1.54, 1.807) is 0 Å². The summed E-state index contributed by atoms with van der Waals surface area (Å²) in [6.07, 6.45) is 0. The third-order valence-corrected chi connectivity index (χ3v) is 1.98. The summed E-state index contributed by atoms with van der Waals surface area (Å²) in [5.41, 5.74) is -5.61. The fraction of sp³-hybridized carbons (Fsp3) is 0.500. The van der Waals surface area contributed by atoms with E-state index in [0.29, 0.717) is 0 Å². The topological polar surface area (TPSA) is 69.7 Å². The number of hydrogen-bond acceptors (Lipinski definition) is 5. The summed E-state index contributed by atoms with van der Waals surface area (Å²) >= 11 is 0. The Kier molecular flexibility index (Phi) is 4.14. The predicted octanol–water partition coefficient (Wildman–Crippen LogP) is 0.929. The number of alkyl halides is 3. The molecular formula is C6H7F3O5S. The van der Waals surface area contributed by atoms with Gasteiger partial charge in [0.25, 0.3) is 0 Å². The zero-order valence-corrected chi connectivity index (χ0v) is 8.31. The molecule has 0 aliphatic rings. The van der Waals surface area contributed by atoms with E-state index in [1.807, 2.05) is 0 Å². The highest BCUT2D eigenvalue weighted by atomic mass is 32.2. The Morgan fingerprint density at radius 2 is 1.87 bits per heavy atom. The first-order valence-corrected chi connectivity index (χ1v) is 4.89. The van der Waals surface area contributed by atoms with Gasteiger partial charge in [0.05, 0.1) is 6.61 Å². The smallest absolute Gasteiger partial charge is 0.460 e. The maximum Gasteiger partial charge on any atom is 0.534 e. The fourth-order valence-corrected chi connectivity index (χ4v) is 0.853.